The summed E-state index contributed by atoms with van der Waals surface area (Å²) in [5.41, 5.74) is 0.867. The Bertz CT molecular complexity index is 468. The number of hydrogen-bond donors (Lipinski definition) is 1. The standard InChI is InChI=1S/C12H13NO4S/c1-12(2)16-10(14)9(11(15)17-12)3-5-13-8-4-6-18-7-8/h3-4,6-7,13H,5H2,1-2H3. The second-order valence-electron chi connectivity index (χ2n) is 4.19. The zero-order chi connectivity index (χ0) is 13.2. The van der Waals surface area contributed by atoms with E-state index in [1.54, 1.807) is 11.3 Å². The molecule has 18 heavy (non-hydrogen) atoms. The van der Waals surface area contributed by atoms with Crippen molar-refractivity contribution < 1.29 is 19.1 Å². The largest absolute Gasteiger partial charge is 0.419 e. The number of carbonyl (C=O) groups is 2. The van der Waals surface area contributed by atoms with Crippen molar-refractivity contribution in [3.63, 3.8) is 0 Å². The van der Waals surface area contributed by atoms with Crippen molar-refractivity contribution in [1.82, 2.24) is 0 Å². The Morgan fingerprint density at radius 1 is 1.33 bits per heavy atom. The van der Waals surface area contributed by atoms with Crippen molar-refractivity contribution in [3.8, 4) is 0 Å². The number of thiophene rings is 1. The summed E-state index contributed by atoms with van der Waals surface area (Å²) in [6.07, 6.45) is 1.47. The van der Waals surface area contributed by atoms with Gasteiger partial charge in [-0.2, -0.15) is 11.3 Å². The van der Waals surface area contributed by atoms with E-state index in [0.29, 0.717) is 6.54 Å². The maximum atomic E-state index is 11.6. The van der Waals surface area contributed by atoms with E-state index in [4.69, 9.17) is 9.47 Å². The lowest BCUT2D eigenvalue weighted by Gasteiger charge is -2.29. The van der Waals surface area contributed by atoms with Crippen LogP contribution in [-0.2, 0) is 19.1 Å². The molecule has 0 bridgehead atoms. The quantitative estimate of drug-likeness (QED) is 0.515. The lowest BCUT2D eigenvalue weighted by Crippen LogP contribution is -2.42. The average Bonchev–Trinajstić information content (AvgIpc) is 2.73. The molecule has 0 amide bonds. The van der Waals surface area contributed by atoms with Crippen molar-refractivity contribution >= 4 is 29.0 Å². The van der Waals surface area contributed by atoms with Gasteiger partial charge in [-0.1, -0.05) is 0 Å². The van der Waals surface area contributed by atoms with E-state index in [9.17, 15) is 9.59 Å². The summed E-state index contributed by atoms with van der Waals surface area (Å²) >= 11 is 1.56. The second kappa shape index (κ2) is 4.81. The Morgan fingerprint density at radius 2 is 2.00 bits per heavy atom. The van der Waals surface area contributed by atoms with Crippen LogP contribution in [0.15, 0.2) is 28.5 Å². The molecule has 0 spiro atoms. The second-order valence-corrected chi connectivity index (χ2v) is 4.97. The van der Waals surface area contributed by atoms with E-state index in [1.165, 1.54) is 19.9 Å². The van der Waals surface area contributed by atoms with Crippen molar-refractivity contribution in [2.45, 2.75) is 19.6 Å². The number of esters is 2. The molecule has 1 fully saturated rings. The minimum Gasteiger partial charge on any atom is -0.419 e. The fourth-order valence-corrected chi connectivity index (χ4v) is 2.08. The number of hydrogen-bond acceptors (Lipinski definition) is 6. The third-order valence-corrected chi connectivity index (χ3v) is 2.93. The Balaban J connectivity index is 2.00. The van der Waals surface area contributed by atoms with Gasteiger partial charge in [0.05, 0.1) is 0 Å². The third kappa shape index (κ3) is 2.89. The van der Waals surface area contributed by atoms with Gasteiger partial charge in [0.1, 0.15) is 5.57 Å². The highest BCUT2D eigenvalue weighted by molar-refractivity contribution is 7.08. The SMILES string of the molecule is CC1(C)OC(=O)C(=CCNc2ccsc2)C(=O)O1. The Labute approximate surface area is 108 Å². The van der Waals surface area contributed by atoms with Crippen LogP contribution in [0.2, 0.25) is 0 Å². The predicted octanol–water partition coefficient (Wildman–Crippen LogP) is 1.92. The van der Waals surface area contributed by atoms with Crippen molar-refractivity contribution in [1.29, 1.82) is 0 Å². The summed E-state index contributed by atoms with van der Waals surface area (Å²) in [6.45, 7) is 3.39. The van der Waals surface area contributed by atoms with Crippen LogP contribution in [0.5, 0.6) is 0 Å². The molecule has 5 nitrogen and oxygen atoms in total. The lowest BCUT2D eigenvalue weighted by molar-refractivity contribution is -0.222. The van der Waals surface area contributed by atoms with Gasteiger partial charge in [-0.05, 0) is 17.5 Å². The summed E-state index contributed by atoms with van der Waals surface area (Å²) in [5, 5.41) is 6.91. The van der Waals surface area contributed by atoms with Gasteiger partial charge < -0.3 is 14.8 Å². The van der Waals surface area contributed by atoms with E-state index >= 15 is 0 Å². The zero-order valence-corrected chi connectivity index (χ0v) is 10.9. The Kier molecular flexibility index (Phi) is 3.38. The minimum atomic E-state index is -1.19. The molecule has 1 aliphatic heterocycles. The van der Waals surface area contributed by atoms with Crippen LogP contribution in [0.3, 0.4) is 0 Å². The molecular formula is C12H13NO4S. The minimum absolute atomic E-state index is 0.0722. The molecule has 1 aliphatic rings. The Morgan fingerprint density at radius 3 is 2.56 bits per heavy atom. The number of anilines is 1. The molecule has 1 N–H and O–H groups in total. The van der Waals surface area contributed by atoms with Crippen molar-refractivity contribution in [3.05, 3.63) is 28.5 Å². The van der Waals surface area contributed by atoms with Crippen LogP contribution in [0.25, 0.3) is 0 Å². The molecule has 2 heterocycles. The van der Waals surface area contributed by atoms with E-state index in [1.807, 2.05) is 16.8 Å². The van der Waals surface area contributed by atoms with Gasteiger partial charge in [0.15, 0.2) is 0 Å². The first-order valence-electron chi connectivity index (χ1n) is 5.41. The highest BCUT2D eigenvalue weighted by Gasteiger charge is 2.38. The molecule has 0 radical (unpaired) electrons. The third-order valence-electron chi connectivity index (χ3n) is 2.25. The van der Waals surface area contributed by atoms with Crippen molar-refractivity contribution in [2.75, 3.05) is 11.9 Å². The number of carbonyl (C=O) groups excluding carboxylic acids is 2. The summed E-state index contributed by atoms with van der Waals surface area (Å²) in [6, 6.07) is 1.91. The molecular weight excluding hydrogens is 254 g/mol. The first-order valence-corrected chi connectivity index (χ1v) is 6.35. The summed E-state index contributed by atoms with van der Waals surface area (Å²) in [4.78, 5) is 23.2. The topological polar surface area (TPSA) is 64.6 Å². The summed E-state index contributed by atoms with van der Waals surface area (Å²) in [7, 11) is 0. The molecule has 0 aromatic carbocycles. The van der Waals surface area contributed by atoms with Gasteiger partial charge >= 0.3 is 11.9 Å². The first-order chi connectivity index (χ1) is 8.48. The average molecular weight is 267 g/mol. The molecule has 6 heteroatoms. The molecule has 0 atom stereocenters. The molecule has 0 aliphatic carbocycles. The molecule has 96 valence electrons. The van der Waals surface area contributed by atoms with Crippen LogP contribution in [-0.4, -0.2) is 24.3 Å². The number of ether oxygens (including phenoxy) is 2. The number of nitrogens with one attached hydrogen (secondary N) is 1. The Hall–Kier alpha value is -1.82. The maximum Gasteiger partial charge on any atom is 0.348 e. The van der Waals surface area contributed by atoms with Gasteiger partial charge in [0.2, 0.25) is 0 Å². The lowest BCUT2D eigenvalue weighted by atomic mass is 10.2. The zero-order valence-electron chi connectivity index (χ0n) is 10.1. The highest BCUT2D eigenvalue weighted by atomic mass is 32.1. The van der Waals surface area contributed by atoms with Gasteiger partial charge in [-0.25, -0.2) is 9.59 Å². The van der Waals surface area contributed by atoms with Crippen LogP contribution in [0.4, 0.5) is 5.69 Å². The van der Waals surface area contributed by atoms with Crippen LogP contribution in [0.1, 0.15) is 13.8 Å². The van der Waals surface area contributed by atoms with E-state index in [-0.39, 0.29) is 5.57 Å². The fraction of sp³-hybridized carbons (Fsp3) is 0.333. The maximum absolute atomic E-state index is 11.6. The normalized spacial score (nSPS) is 18.0. The number of rotatable bonds is 3. The molecule has 1 aromatic rings. The van der Waals surface area contributed by atoms with Gasteiger partial charge in [0.25, 0.3) is 5.79 Å². The van der Waals surface area contributed by atoms with E-state index < -0.39 is 17.7 Å². The van der Waals surface area contributed by atoms with Crippen LogP contribution < -0.4 is 5.32 Å². The van der Waals surface area contributed by atoms with E-state index in [0.717, 1.165) is 5.69 Å². The fourth-order valence-electron chi connectivity index (χ4n) is 1.46. The van der Waals surface area contributed by atoms with Gasteiger partial charge in [-0.15, -0.1) is 0 Å². The molecule has 1 saturated heterocycles. The van der Waals surface area contributed by atoms with Gasteiger partial charge in [0, 0.05) is 31.5 Å². The highest BCUT2D eigenvalue weighted by Crippen LogP contribution is 2.22. The predicted molar refractivity (Wildman–Crippen MR) is 67.2 cm³/mol. The summed E-state index contributed by atoms with van der Waals surface area (Å²) in [5.74, 6) is -2.49. The van der Waals surface area contributed by atoms with Crippen molar-refractivity contribution in [2.24, 2.45) is 0 Å². The molecule has 0 saturated carbocycles. The van der Waals surface area contributed by atoms with E-state index in [2.05, 4.69) is 5.32 Å². The summed E-state index contributed by atoms with van der Waals surface area (Å²) < 4.78 is 9.94. The monoisotopic (exact) mass is 267 g/mol. The van der Waals surface area contributed by atoms with Crippen LogP contribution >= 0.6 is 11.3 Å². The van der Waals surface area contributed by atoms with Crippen LogP contribution in [0, 0.1) is 0 Å². The number of cyclic esters (lactones) is 2. The first kappa shape index (κ1) is 12.6. The molecule has 1 aromatic heterocycles. The smallest absolute Gasteiger partial charge is 0.348 e. The van der Waals surface area contributed by atoms with Gasteiger partial charge in [-0.3, -0.25) is 0 Å². The molecule has 0 unspecified atom stereocenters. The molecule has 2 rings (SSSR count).